The zero-order valence-corrected chi connectivity index (χ0v) is 8.62. The first-order valence-corrected chi connectivity index (χ1v) is 5.01. The van der Waals surface area contributed by atoms with Gasteiger partial charge < -0.3 is 4.98 Å². The van der Waals surface area contributed by atoms with Gasteiger partial charge in [0.1, 0.15) is 0 Å². The number of hydrogen-bond donors (Lipinski definition) is 1. The van der Waals surface area contributed by atoms with E-state index in [1.54, 1.807) is 0 Å². The second-order valence-corrected chi connectivity index (χ2v) is 3.89. The Morgan fingerprint density at radius 2 is 2.07 bits per heavy atom. The molecule has 1 aromatic carbocycles. The molecule has 2 aromatic rings. The van der Waals surface area contributed by atoms with Crippen LogP contribution in [0.2, 0.25) is 0 Å². The molecule has 0 atom stereocenters. The van der Waals surface area contributed by atoms with Gasteiger partial charge in [-0.25, -0.2) is 0 Å². The van der Waals surface area contributed by atoms with Crippen LogP contribution in [0.25, 0.3) is 17.0 Å². The van der Waals surface area contributed by atoms with Gasteiger partial charge in [-0.3, -0.25) is 0 Å². The molecular formula is C13H15N. The van der Waals surface area contributed by atoms with Gasteiger partial charge in [0.2, 0.25) is 0 Å². The Kier molecular flexibility index (Phi) is 2.40. The summed E-state index contributed by atoms with van der Waals surface area (Å²) in [6.45, 7) is 4.38. The van der Waals surface area contributed by atoms with E-state index in [9.17, 15) is 0 Å². The average molecular weight is 185 g/mol. The smallest absolute Gasteiger partial charge is 0.0459 e. The maximum atomic E-state index is 3.21. The van der Waals surface area contributed by atoms with Crippen LogP contribution in [-0.4, -0.2) is 4.98 Å². The van der Waals surface area contributed by atoms with E-state index in [0.29, 0.717) is 5.92 Å². The van der Waals surface area contributed by atoms with Crippen LogP contribution in [0.3, 0.4) is 0 Å². The lowest BCUT2D eigenvalue weighted by molar-refractivity contribution is 0.836. The largest absolute Gasteiger partial charge is 0.361 e. The molecule has 0 saturated heterocycles. The van der Waals surface area contributed by atoms with E-state index >= 15 is 0 Å². The van der Waals surface area contributed by atoms with Gasteiger partial charge in [0.15, 0.2) is 0 Å². The minimum atomic E-state index is 0.601. The number of benzene rings is 1. The lowest BCUT2D eigenvalue weighted by atomic mass is 10.1. The summed E-state index contributed by atoms with van der Waals surface area (Å²) >= 11 is 0. The molecule has 0 radical (unpaired) electrons. The van der Waals surface area contributed by atoms with Crippen molar-refractivity contribution in [3.8, 4) is 0 Å². The van der Waals surface area contributed by atoms with E-state index in [-0.39, 0.29) is 0 Å². The van der Waals surface area contributed by atoms with E-state index < -0.39 is 0 Å². The van der Waals surface area contributed by atoms with Crippen LogP contribution in [0, 0.1) is 5.92 Å². The molecule has 1 N–H and O–H groups in total. The Labute approximate surface area is 84.5 Å². The molecule has 0 fully saturated rings. The summed E-state index contributed by atoms with van der Waals surface area (Å²) in [4.78, 5) is 3.21. The number of fused-ring (bicyclic) bond motifs is 1. The highest BCUT2D eigenvalue weighted by Gasteiger charge is 1.97. The third kappa shape index (κ3) is 1.72. The summed E-state index contributed by atoms with van der Waals surface area (Å²) in [5, 5.41) is 1.30. The topological polar surface area (TPSA) is 15.8 Å². The molecule has 0 aliphatic rings. The fourth-order valence-corrected chi connectivity index (χ4v) is 1.55. The Morgan fingerprint density at radius 1 is 1.21 bits per heavy atom. The van der Waals surface area contributed by atoms with Gasteiger partial charge in [-0.15, -0.1) is 0 Å². The van der Waals surface area contributed by atoms with Crippen molar-refractivity contribution in [2.75, 3.05) is 0 Å². The molecule has 1 heteroatoms. The van der Waals surface area contributed by atoms with Crippen LogP contribution in [0.5, 0.6) is 0 Å². The first-order chi connectivity index (χ1) is 6.77. The highest BCUT2D eigenvalue weighted by molar-refractivity contribution is 5.88. The van der Waals surface area contributed by atoms with E-state index in [2.05, 4.69) is 55.2 Å². The molecule has 0 amide bonds. The van der Waals surface area contributed by atoms with Crippen LogP contribution >= 0.6 is 0 Å². The molecule has 1 nitrogen and oxygen atoms in total. The van der Waals surface area contributed by atoms with E-state index in [0.717, 1.165) is 0 Å². The molecule has 1 heterocycles. The van der Waals surface area contributed by atoms with E-state index in [1.165, 1.54) is 16.5 Å². The zero-order valence-electron chi connectivity index (χ0n) is 8.62. The van der Waals surface area contributed by atoms with Gasteiger partial charge >= 0.3 is 0 Å². The summed E-state index contributed by atoms with van der Waals surface area (Å²) in [7, 11) is 0. The molecule has 0 aliphatic carbocycles. The van der Waals surface area contributed by atoms with Gasteiger partial charge in [0.25, 0.3) is 0 Å². The predicted molar refractivity (Wildman–Crippen MR) is 62.2 cm³/mol. The number of allylic oxidation sites excluding steroid dienone is 1. The maximum Gasteiger partial charge on any atom is 0.0459 e. The molecular weight excluding hydrogens is 170 g/mol. The van der Waals surface area contributed by atoms with Crippen LogP contribution < -0.4 is 0 Å². The molecule has 72 valence electrons. The molecule has 0 aliphatic heterocycles. The summed E-state index contributed by atoms with van der Waals surface area (Å²) in [5.74, 6) is 0.601. The predicted octanol–water partition coefficient (Wildman–Crippen LogP) is 3.84. The monoisotopic (exact) mass is 185 g/mol. The maximum absolute atomic E-state index is 3.21. The van der Waals surface area contributed by atoms with E-state index in [4.69, 9.17) is 0 Å². The first kappa shape index (κ1) is 9.07. The Hall–Kier alpha value is -1.50. The van der Waals surface area contributed by atoms with Gasteiger partial charge in [-0.1, -0.05) is 38.1 Å². The second kappa shape index (κ2) is 3.70. The molecule has 0 bridgehead atoms. The van der Waals surface area contributed by atoms with Crippen molar-refractivity contribution in [2.45, 2.75) is 13.8 Å². The van der Waals surface area contributed by atoms with Crippen molar-refractivity contribution in [2.24, 2.45) is 5.92 Å². The average Bonchev–Trinajstić information content (AvgIpc) is 2.62. The zero-order chi connectivity index (χ0) is 9.97. The summed E-state index contributed by atoms with van der Waals surface area (Å²) in [6.07, 6.45) is 6.40. The number of aromatic nitrogens is 1. The minimum absolute atomic E-state index is 0.601. The Balaban J connectivity index is 2.46. The van der Waals surface area contributed by atoms with Gasteiger partial charge in [-0.2, -0.15) is 0 Å². The fourth-order valence-electron chi connectivity index (χ4n) is 1.55. The van der Waals surface area contributed by atoms with Crippen LogP contribution in [0.4, 0.5) is 0 Å². The van der Waals surface area contributed by atoms with Crippen molar-refractivity contribution >= 4 is 17.0 Å². The third-order valence-electron chi connectivity index (χ3n) is 2.29. The number of hydrogen-bond acceptors (Lipinski definition) is 0. The van der Waals surface area contributed by atoms with Crippen molar-refractivity contribution in [3.63, 3.8) is 0 Å². The van der Waals surface area contributed by atoms with Crippen LogP contribution in [0.1, 0.15) is 19.4 Å². The third-order valence-corrected chi connectivity index (χ3v) is 2.29. The summed E-state index contributed by atoms with van der Waals surface area (Å²) in [6, 6.07) is 8.45. The van der Waals surface area contributed by atoms with E-state index in [1.807, 2.05) is 6.20 Å². The van der Waals surface area contributed by atoms with Crippen molar-refractivity contribution < 1.29 is 0 Å². The number of H-pyrrole nitrogens is 1. The SMILES string of the molecule is CC(C)/C=C/c1cccc2[nH]ccc12. The number of aromatic amines is 1. The highest BCUT2D eigenvalue weighted by atomic mass is 14.7. The van der Waals surface area contributed by atoms with Crippen molar-refractivity contribution in [1.29, 1.82) is 0 Å². The number of rotatable bonds is 2. The van der Waals surface area contributed by atoms with Crippen molar-refractivity contribution in [1.82, 2.24) is 4.98 Å². The first-order valence-electron chi connectivity index (χ1n) is 5.01. The van der Waals surface area contributed by atoms with Crippen molar-refractivity contribution in [3.05, 3.63) is 42.1 Å². The fraction of sp³-hybridized carbons (Fsp3) is 0.231. The highest BCUT2D eigenvalue weighted by Crippen LogP contribution is 2.19. The van der Waals surface area contributed by atoms with Gasteiger partial charge in [-0.05, 0) is 23.6 Å². The Morgan fingerprint density at radius 3 is 2.86 bits per heavy atom. The second-order valence-electron chi connectivity index (χ2n) is 3.89. The lowest BCUT2D eigenvalue weighted by Gasteiger charge is -1.98. The summed E-state index contributed by atoms with van der Waals surface area (Å²) in [5.41, 5.74) is 2.49. The summed E-state index contributed by atoms with van der Waals surface area (Å²) < 4.78 is 0. The molecule has 0 unspecified atom stereocenters. The number of nitrogens with one attached hydrogen (secondary N) is 1. The minimum Gasteiger partial charge on any atom is -0.361 e. The quantitative estimate of drug-likeness (QED) is 0.731. The molecule has 2 rings (SSSR count). The molecule has 14 heavy (non-hydrogen) atoms. The van der Waals surface area contributed by atoms with Crippen LogP contribution in [-0.2, 0) is 0 Å². The Bertz CT molecular complexity index is 449. The lowest BCUT2D eigenvalue weighted by Crippen LogP contribution is -1.78. The van der Waals surface area contributed by atoms with Gasteiger partial charge in [0, 0.05) is 17.1 Å². The molecule has 0 saturated carbocycles. The molecule has 1 aromatic heterocycles. The molecule has 0 spiro atoms. The van der Waals surface area contributed by atoms with Gasteiger partial charge in [0.05, 0.1) is 0 Å². The van der Waals surface area contributed by atoms with Crippen LogP contribution in [0.15, 0.2) is 36.5 Å². The standard InChI is InChI=1S/C13H15N/c1-10(2)6-7-11-4-3-5-13-12(11)8-9-14-13/h3-10,14H,1-2H3/b7-6+. The normalized spacial score (nSPS) is 11.9.